The molecule has 2 unspecified atom stereocenters. The third-order valence-electron chi connectivity index (χ3n) is 4.89. The van der Waals surface area contributed by atoms with Gasteiger partial charge in [0.15, 0.2) is 0 Å². The molecule has 1 aromatic carbocycles. The van der Waals surface area contributed by atoms with Crippen LogP contribution >= 0.6 is 0 Å². The summed E-state index contributed by atoms with van der Waals surface area (Å²) in [5, 5.41) is 12.8. The zero-order chi connectivity index (χ0) is 20.0. The molecular formula is C18H23F4NO4. The van der Waals surface area contributed by atoms with Gasteiger partial charge in [0, 0.05) is 0 Å². The minimum Gasteiger partial charge on any atom is -0.435 e. The minimum absolute atomic E-state index is 0.165. The molecule has 0 radical (unpaired) electrons. The van der Waals surface area contributed by atoms with Crippen molar-refractivity contribution in [3.8, 4) is 5.75 Å². The topological polar surface area (TPSA) is 67.8 Å². The maximum absolute atomic E-state index is 12.4. The predicted octanol–water partition coefficient (Wildman–Crippen LogP) is 3.63. The van der Waals surface area contributed by atoms with Crippen molar-refractivity contribution >= 4 is 5.91 Å². The SMILES string of the molecule is CCC1(C(O)CC(=O)NC(COC(F)F)c2cccc(OC(F)F)c2)CC1. The van der Waals surface area contributed by atoms with E-state index in [2.05, 4.69) is 14.8 Å². The molecule has 0 aliphatic heterocycles. The summed E-state index contributed by atoms with van der Waals surface area (Å²) >= 11 is 0. The van der Waals surface area contributed by atoms with E-state index >= 15 is 0 Å². The van der Waals surface area contributed by atoms with Crippen molar-refractivity contribution in [2.45, 2.75) is 58.0 Å². The molecule has 2 rings (SSSR count). The first-order chi connectivity index (χ1) is 12.8. The fourth-order valence-corrected chi connectivity index (χ4v) is 3.03. The number of aliphatic hydroxyl groups excluding tert-OH is 1. The number of amides is 1. The number of alkyl halides is 4. The average Bonchev–Trinajstić information content (AvgIpc) is 3.39. The van der Waals surface area contributed by atoms with Crippen molar-refractivity contribution in [2.24, 2.45) is 5.41 Å². The van der Waals surface area contributed by atoms with Gasteiger partial charge in [-0.1, -0.05) is 19.1 Å². The highest BCUT2D eigenvalue weighted by Gasteiger charge is 2.47. The summed E-state index contributed by atoms with van der Waals surface area (Å²) in [4.78, 5) is 12.3. The monoisotopic (exact) mass is 393 g/mol. The molecule has 1 aliphatic rings. The van der Waals surface area contributed by atoms with Crippen molar-refractivity contribution in [3.63, 3.8) is 0 Å². The van der Waals surface area contributed by atoms with Gasteiger partial charge >= 0.3 is 13.2 Å². The first-order valence-corrected chi connectivity index (χ1v) is 8.67. The molecule has 5 nitrogen and oxygen atoms in total. The molecule has 0 bridgehead atoms. The van der Waals surface area contributed by atoms with E-state index in [0.717, 1.165) is 19.3 Å². The normalized spacial score (nSPS) is 17.6. The molecule has 0 spiro atoms. The molecule has 1 saturated carbocycles. The van der Waals surface area contributed by atoms with Gasteiger partial charge in [0.25, 0.3) is 0 Å². The number of carbonyl (C=O) groups is 1. The highest BCUT2D eigenvalue weighted by atomic mass is 19.3. The molecule has 152 valence electrons. The third-order valence-corrected chi connectivity index (χ3v) is 4.89. The van der Waals surface area contributed by atoms with Crippen molar-refractivity contribution in [2.75, 3.05) is 6.61 Å². The van der Waals surface area contributed by atoms with Crippen LogP contribution in [-0.2, 0) is 9.53 Å². The molecule has 0 saturated heterocycles. The average molecular weight is 393 g/mol. The Morgan fingerprint density at radius 1 is 1.26 bits per heavy atom. The standard InChI is InChI=1S/C18H23F4NO4/c1-2-18(6-7-18)14(24)9-15(25)23-13(10-26-16(19)20)11-4-3-5-12(8-11)27-17(21)22/h3-5,8,13-14,16-17,24H,2,6-7,9-10H2,1H3,(H,23,25). The number of hydrogen-bond donors (Lipinski definition) is 2. The Balaban J connectivity index is 2.06. The van der Waals surface area contributed by atoms with E-state index in [1.54, 1.807) is 0 Å². The van der Waals surface area contributed by atoms with Crippen LogP contribution in [0.1, 0.15) is 44.2 Å². The Kier molecular flexibility index (Phi) is 7.43. The molecule has 2 N–H and O–H groups in total. The van der Waals surface area contributed by atoms with E-state index in [1.165, 1.54) is 24.3 Å². The number of rotatable bonds is 11. The Bertz CT molecular complexity index is 625. The summed E-state index contributed by atoms with van der Waals surface area (Å²) < 4.78 is 58.2. The lowest BCUT2D eigenvalue weighted by atomic mass is 9.93. The number of nitrogens with one attached hydrogen (secondary N) is 1. The molecule has 0 aromatic heterocycles. The number of carbonyl (C=O) groups excluding carboxylic acids is 1. The fourth-order valence-electron chi connectivity index (χ4n) is 3.03. The summed E-state index contributed by atoms with van der Waals surface area (Å²) in [5.41, 5.74) is 0.0189. The minimum atomic E-state index is -3.05. The number of halogens is 4. The Morgan fingerprint density at radius 2 is 1.96 bits per heavy atom. The summed E-state index contributed by atoms with van der Waals surface area (Å²) in [6.07, 6.45) is 1.41. The van der Waals surface area contributed by atoms with Crippen LogP contribution in [0, 0.1) is 5.41 Å². The number of hydrogen-bond acceptors (Lipinski definition) is 4. The third kappa shape index (κ3) is 6.35. The molecule has 2 atom stereocenters. The van der Waals surface area contributed by atoms with Gasteiger partial charge in [-0.05, 0) is 42.4 Å². The van der Waals surface area contributed by atoms with Crippen LogP contribution in [0.3, 0.4) is 0 Å². The van der Waals surface area contributed by atoms with E-state index < -0.39 is 37.9 Å². The summed E-state index contributed by atoms with van der Waals surface area (Å²) in [5.74, 6) is -0.702. The van der Waals surface area contributed by atoms with Gasteiger partial charge in [-0.3, -0.25) is 4.79 Å². The molecule has 9 heteroatoms. The van der Waals surface area contributed by atoms with Gasteiger partial charge in [-0.2, -0.15) is 17.6 Å². The van der Waals surface area contributed by atoms with Crippen molar-refractivity contribution in [3.05, 3.63) is 29.8 Å². The lowest BCUT2D eigenvalue weighted by molar-refractivity contribution is -0.139. The molecule has 1 aliphatic carbocycles. The van der Waals surface area contributed by atoms with Gasteiger partial charge in [0.1, 0.15) is 5.75 Å². The van der Waals surface area contributed by atoms with Crippen LogP contribution in [0.2, 0.25) is 0 Å². The summed E-state index contributed by atoms with van der Waals surface area (Å²) in [7, 11) is 0. The number of ether oxygens (including phenoxy) is 2. The summed E-state index contributed by atoms with van der Waals surface area (Å²) in [6, 6.07) is 4.38. The molecule has 1 amide bonds. The van der Waals surface area contributed by atoms with E-state index in [-0.39, 0.29) is 23.1 Å². The van der Waals surface area contributed by atoms with E-state index in [4.69, 9.17) is 0 Å². The van der Waals surface area contributed by atoms with Gasteiger partial charge < -0.3 is 19.9 Å². The Labute approximate surface area is 154 Å². The van der Waals surface area contributed by atoms with Crippen molar-refractivity contribution < 1.29 is 36.9 Å². The maximum Gasteiger partial charge on any atom is 0.387 e. The highest BCUT2D eigenvalue weighted by molar-refractivity contribution is 5.77. The smallest absolute Gasteiger partial charge is 0.387 e. The van der Waals surface area contributed by atoms with Crippen molar-refractivity contribution in [1.29, 1.82) is 0 Å². The van der Waals surface area contributed by atoms with Crippen LogP contribution in [0.25, 0.3) is 0 Å². The second kappa shape index (κ2) is 9.36. The predicted molar refractivity (Wildman–Crippen MR) is 88.5 cm³/mol. The molecule has 1 aromatic rings. The van der Waals surface area contributed by atoms with Gasteiger partial charge in [-0.25, -0.2) is 0 Å². The second-order valence-electron chi connectivity index (χ2n) is 6.60. The van der Waals surface area contributed by atoms with Crippen LogP contribution in [-0.4, -0.2) is 36.9 Å². The van der Waals surface area contributed by atoms with E-state index in [9.17, 15) is 27.5 Å². The molecule has 27 heavy (non-hydrogen) atoms. The molecular weight excluding hydrogens is 370 g/mol. The van der Waals surface area contributed by atoms with E-state index in [0.29, 0.717) is 0 Å². The van der Waals surface area contributed by atoms with E-state index in [1.807, 2.05) is 6.92 Å². The van der Waals surface area contributed by atoms with Crippen LogP contribution in [0.4, 0.5) is 17.6 Å². The largest absolute Gasteiger partial charge is 0.435 e. The van der Waals surface area contributed by atoms with Crippen LogP contribution in [0.5, 0.6) is 5.75 Å². The first kappa shape index (κ1) is 21.4. The fraction of sp³-hybridized carbons (Fsp3) is 0.611. The number of aliphatic hydroxyl groups is 1. The van der Waals surface area contributed by atoms with Gasteiger partial charge in [0.2, 0.25) is 5.91 Å². The Morgan fingerprint density at radius 3 is 2.52 bits per heavy atom. The Hall–Kier alpha value is -1.87. The van der Waals surface area contributed by atoms with Gasteiger partial charge in [-0.15, -0.1) is 0 Å². The van der Waals surface area contributed by atoms with Crippen molar-refractivity contribution in [1.82, 2.24) is 5.32 Å². The number of benzene rings is 1. The second-order valence-corrected chi connectivity index (χ2v) is 6.60. The van der Waals surface area contributed by atoms with Crippen LogP contribution in [0.15, 0.2) is 24.3 Å². The maximum atomic E-state index is 12.4. The lowest BCUT2D eigenvalue weighted by Gasteiger charge is -2.23. The quantitative estimate of drug-likeness (QED) is 0.564. The zero-order valence-electron chi connectivity index (χ0n) is 14.8. The molecule has 1 fully saturated rings. The zero-order valence-corrected chi connectivity index (χ0v) is 14.8. The van der Waals surface area contributed by atoms with Gasteiger partial charge in [0.05, 0.1) is 25.2 Å². The highest BCUT2D eigenvalue weighted by Crippen LogP contribution is 2.52. The molecule has 0 heterocycles. The summed E-state index contributed by atoms with van der Waals surface area (Å²) in [6.45, 7) is -4.71. The first-order valence-electron chi connectivity index (χ1n) is 8.67. The van der Waals surface area contributed by atoms with Crippen LogP contribution < -0.4 is 10.1 Å². The lowest BCUT2D eigenvalue weighted by Crippen LogP contribution is -2.36.